The van der Waals surface area contributed by atoms with Gasteiger partial charge in [0.2, 0.25) is 5.95 Å². The van der Waals surface area contributed by atoms with Crippen molar-refractivity contribution in [2.24, 2.45) is 4.99 Å². The predicted molar refractivity (Wildman–Crippen MR) is 109 cm³/mol. The summed E-state index contributed by atoms with van der Waals surface area (Å²) in [6, 6.07) is 8.11. The van der Waals surface area contributed by atoms with Crippen molar-refractivity contribution in [1.82, 2.24) is 20.2 Å². The minimum absolute atomic E-state index is 0.597. The molecular weight excluding hydrogens is 340 g/mol. The van der Waals surface area contributed by atoms with Crippen molar-refractivity contribution < 1.29 is 4.74 Å². The number of aryl methyl sites for hydroxylation is 2. The first-order valence-corrected chi connectivity index (χ1v) is 9.34. The van der Waals surface area contributed by atoms with Gasteiger partial charge in [-0.25, -0.2) is 9.97 Å². The fourth-order valence-corrected chi connectivity index (χ4v) is 3.25. The van der Waals surface area contributed by atoms with Crippen LogP contribution in [0.1, 0.15) is 11.1 Å². The zero-order valence-corrected chi connectivity index (χ0v) is 16.4. The number of aromatic nitrogens is 2. The van der Waals surface area contributed by atoms with E-state index in [0.29, 0.717) is 13.2 Å². The van der Waals surface area contributed by atoms with E-state index in [2.05, 4.69) is 62.1 Å². The van der Waals surface area contributed by atoms with Crippen LogP contribution < -0.4 is 15.0 Å². The first kappa shape index (κ1) is 18.9. The molecular formula is C20H28N6O. The van der Waals surface area contributed by atoms with Crippen LogP contribution in [-0.2, 0) is 0 Å². The smallest absolute Gasteiger partial charge is 0.225 e. The van der Waals surface area contributed by atoms with Crippen LogP contribution in [0.3, 0.4) is 0 Å². The SMILES string of the molecule is CN=C(NCCOc1cc(C)cc(C)c1)N1CCN(c2ncccn2)CC1. The molecule has 144 valence electrons. The molecule has 2 aromatic rings. The van der Waals surface area contributed by atoms with Gasteiger partial charge < -0.3 is 19.9 Å². The highest BCUT2D eigenvalue weighted by molar-refractivity contribution is 5.80. The summed E-state index contributed by atoms with van der Waals surface area (Å²) < 4.78 is 5.86. The zero-order valence-electron chi connectivity index (χ0n) is 16.4. The molecule has 3 rings (SSSR count). The molecule has 7 nitrogen and oxygen atoms in total. The molecule has 27 heavy (non-hydrogen) atoms. The second kappa shape index (κ2) is 9.21. The first-order chi connectivity index (χ1) is 13.2. The normalized spacial score (nSPS) is 15.0. The van der Waals surface area contributed by atoms with Crippen LogP contribution in [0.4, 0.5) is 5.95 Å². The highest BCUT2D eigenvalue weighted by Gasteiger charge is 2.20. The lowest BCUT2D eigenvalue weighted by Gasteiger charge is -2.36. The molecule has 0 saturated carbocycles. The molecule has 1 aromatic heterocycles. The Balaban J connectivity index is 1.43. The molecule has 0 aliphatic carbocycles. The maximum absolute atomic E-state index is 5.86. The monoisotopic (exact) mass is 368 g/mol. The zero-order chi connectivity index (χ0) is 19.1. The van der Waals surface area contributed by atoms with Crippen LogP contribution in [-0.4, -0.2) is 67.2 Å². The minimum atomic E-state index is 0.597. The number of guanidine groups is 1. The number of rotatable bonds is 5. The number of anilines is 1. The number of aliphatic imine (C=N–C) groups is 1. The van der Waals surface area contributed by atoms with Gasteiger partial charge in [-0.1, -0.05) is 6.07 Å². The molecule has 1 aromatic carbocycles. The van der Waals surface area contributed by atoms with E-state index in [0.717, 1.165) is 43.8 Å². The summed E-state index contributed by atoms with van der Waals surface area (Å²) in [5, 5.41) is 3.39. The fraction of sp³-hybridized carbons (Fsp3) is 0.450. The summed E-state index contributed by atoms with van der Waals surface area (Å²) in [6.07, 6.45) is 3.57. The van der Waals surface area contributed by atoms with Crippen LogP contribution in [0.15, 0.2) is 41.7 Å². The Hall–Kier alpha value is -2.83. The van der Waals surface area contributed by atoms with Crippen molar-refractivity contribution in [3.05, 3.63) is 47.8 Å². The number of nitrogens with one attached hydrogen (secondary N) is 1. The molecule has 0 spiro atoms. The fourth-order valence-electron chi connectivity index (χ4n) is 3.25. The van der Waals surface area contributed by atoms with Crippen molar-refractivity contribution in [3.63, 3.8) is 0 Å². The van der Waals surface area contributed by atoms with E-state index in [1.54, 1.807) is 12.4 Å². The van der Waals surface area contributed by atoms with Gasteiger partial charge in [0.1, 0.15) is 12.4 Å². The Kier molecular flexibility index (Phi) is 6.46. The molecule has 2 heterocycles. The lowest BCUT2D eigenvalue weighted by molar-refractivity contribution is 0.314. The van der Waals surface area contributed by atoms with Crippen molar-refractivity contribution in [3.8, 4) is 5.75 Å². The van der Waals surface area contributed by atoms with Gasteiger partial charge in [0.15, 0.2) is 5.96 Å². The molecule has 0 amide bonds. The number of hydrogen-bond acceptors (Lipinski definition) is 5. The Bertz CT molecular complexity index is 736. The van der Waals surface area contributed by atoms with E-state index in [1.807, 2.05) is 13.1 Å². The molecule has 1 saturated heterocycles. The Labute approximate surface area is 161 Å². The second-order valence-corrected chi connectivity index (χ2v) is 6.67. The van der Waals surface area contributed by atoms with E-state index >= 15 is 0 Å². The summed E-state index contributed by atoms with van der Waals surface area (Å²) >= 11 is 0. The number of nitrogens with zero attached hydrogens (tertiary/aromatic N) is 5. The quantitative estimate of drug-likeness (QED) is 0.494. The van der Waals surface area contributed by atoms with Crippen LogP contribution in [0, 0.1) is 13.8 Å². The summed E-state index contributed by atoms with van der Waals surface area (Å²) in [5.41, 5.74) is 2.43. The number of benzene rings is 1. The number of piperazine rings is 1. The Morgan fingerprint density at radius 1 is 1.07 bits per heavy atom. The standard InChI is InChI=1S/C20H28N6O/c1-16-13-17(2)15-18(14-16)27-12-7-24-19(21-3)25-8-10-26(11-9-25)20-22-5-4-6-23-20/h4-6,13-15H,7-12H2,1-3H3,(H,21,24). The highest BCUT2D eigenvalue weighted by Crippen LogP contribution is 2.16. The van der Waals surface area contributed by atoms with E-state index < -0.39 is 0 Å². The van der Waals surface area contributed by atoms with Crippen molar-refractivity contribution in [2.75, 3.05) is 51.3 Å². The number of hydrogen-bond donors (Lipinski definition) is 1. The molecule has 1 N–H and O–H groups in total. The van der Waals surface area contributed by atoms with Gasteiger partial charge in [-0.2, -0.15) is 0 Å². The van der Waals surface area contributed by atoms with Gasteiger partial charge in [0.05, 0.1) is 6.54 Å². The van der Waals surface area contributed by atoms with Crippen LogP contribution in [0.2, 0.25) is 0 Å². The first-order valence-electron chi connectivity index (χ1n) is 9.34. The molecule has 1 fully saturated rings. The third-order valence-electron chi connectivity index (χ3n) is 4.48. The average molecular weight is 368 g/mol. The van der Waals surface area contributed by atoms with Gasteiger partial charge in [0, 0.05) is 45.6 Å². The average Bonchev–Trinajstić information content (AvgIpc) is 2.68. The van der Waals surface area contributed by atoms with Crippen LogP contribution in [0.25, 0.3) is 0 Å². The topological polar surface area (TPSA) is 65.9 Å². The Morgan fingerprint density at radius 3 is 2.37 bits per heavy atom. The largest absolute Gasteiger partial charge is 0.492 e. The van der Waals surface area contributed by atoms with E-state index in [9.17, 15) is 0 Å². The lowest BCUT2D eigenvalue weighted by Crippen LogP contribution is -2.53. The van der Waals surface area contributed by atoms with Crippen molar-refractivity contribution in [1.29, 1.82) is 0 Å². The van der Waals surface area contributed by atoms with E-state index in [4.69, 9.17) is 4.74 Å². The molecule has 0 radical (unpaired) electrons. The van der Waals surface area contributed by atoms with E-state index in [1.165, 1.54) is 11.1 Å². The molecule has 0 atom stereocenters. The summed E-state index contributed by atoms with van der Waals surface area (Å²) in [7, 11) is 1.82. The molecule has 1 aliphatic heterocycles. The molecule has 0 unspecified atom stereocenters. The van der Waals surface area contributed by atoms with Crippen LogP contribution in [0.5, 0.6) is 5.75 Å². The van der Waals surface area contributed by atoms with Crippen LogP contribution >= 0.6 is 0 Å². The molecule has 0 bridgehead atoms. The van der Waals surface area contributed by atoms with Crippen molar-refractivity contribution >= 4 is 11.9 Å². The van der Waals surface area contributed by atoms with Gasteiger partial charge in [-0.3, -0.25) is 4.99 Å². The van der Waals surface area contributed by atoms with E-state index in [-0.39, 0.29) is 0 Å². The second-order valence-electron chi connectivity index (χ2n) is 6.67. The van der Waals surface area contributed by atoms with Gasteiger partial charge in [-0.15, -0.1) is 0 Å². The Morgan fingerprint density at radius 2 is 1.74 bits per heavy atom. The summed E-state index contributed by atoms with van der Waals surface area (Å²) in [6.45, 7) is 9.00. The molecule has 1 aliphatic rings. The maximum Gasteiger partial charge on any atom is 0.225 e. The minimum Gasteiger partial charge on any atom is -0.492 e. The summed E-state index contributed by atoms with van der Waals surface area (Å²) in [5.74, 6) is 2.62. The lowest BCUT2D eigenvalue weighted by atomic mass is 10.1. The predicted octanol–water partition coefficient (Wildman–Crippen LogP) is 1.87. The maximum atomic E-state index is 5.86. The highest BCUT2D eigenvalue weighted by atomic mass is 16.5. The molecule has 7 heteroatoms. The third kappa shape index (κ3) is 5.32. The van der Waals surface area contributed by atoms with Gasteiger partial charge in [0.25, 0.3) is 0 Å². The van der Waals surface area contributed by atoms with Gasteiger partial charge >= 0.3 is 0 Å². The summed E-state index contributed by atoms with van der Waals surface area (Å²) in [4.78, 5) is 17.5. The van der Waals surface area contributed by atoms with Crippen molar-refractivity contribution in [2.45, 2.75) is 13.8 Å². The van der Waals surface area contributed by atoms with Gasteiger partial charge in [-0.05, 0) is 43.2 Å². The number of ether oxygens (including phenoxy) is 1. The third-order valence-corrected chi connectivity index (χ3v) is 4.48.